The molecule has 0 unspecified atom stereocenters. The maximum Gasteiger partial charge on any atom is 0.303 e. The molecular weight excluding hydrogens is 763 g/mol. The summed E-state index contributed by atoms with van der Waals surface area (Å²) in [4.78, 5) is 53.3. The zero-order valence-electron chi connectivity index (χ0n) is 38.7. The highest BCUT2D eigenvalue weighted by molar-refractivity contribution is 5.88. The predicted molar refractivity (Wildman–Crippen MR) is 240 cm³/mol. The van der Waals surface area contributed by atoms with Gasteiger partial charge in [-0.3, -0.25) is 19.2 Å². The standard InChI is InChI=1S/C48H91N3O9/c1-5-7-9-11-13-15-16-17-18-19-20-21-23-25-27-31-35-51(42(54)33-28-26-24-22-14-12-10-8-6-2)48-44(46(58)45(57)40(37-52)60-48)50-47(59)39(36-38(3)4)49-41(53)32-29-30-34-43(55)56/h38-40,44-46,48,52,57-58H,5-37H2,1-4H3,(H,49,53)(H,50,59)(H,55,56)/t39-,40+,44+,45+,46+,48+/m0/s1. The number of carboxylic acids is 1. The fraction of sp³-hybridized carbons (Fsp3) is 0.917. The van der Waals surface area contributed by atoms with E-state index < -0.39 is 55.1 Å². The lowest BCUT2D eigenvalue weighted by Crippen LogP contribution is -2.70. The van der Waals surface area contributed by atoms with Crippen molar-refractivity contribution in [1.29, 1.82) is 0 Å². The number of aliphatic hydroxyl groups excluding tert-OH is 3. The Kier molecular flexibility index (Phi) is 33.7. The van der Waals surface area contributed by atoms with Gasteiger partial charge in [0.25, 0.3) is 0 Å². The summed E-state index contributed by atoms with van der Waals surface area (Å²) >= 11 is 0. The SMILES string of the molecule is CCCCCCCCCCCCCCCCCCN(C(=O)CCCCCCCCCCC)[C@@H]1O[C@H](CO)[C@@H](O)[C@H](O)[C@H]1NC(=O)[C@H](CC(C)C)NC(=O)CCCCC(=O)O. The molecule has 1 fully saturated rings. The Labute approximate surface area is 365 Å². The van der Waals surface area contributed by atoms with Crippen molar-refractivity contribution in [3.8, 4) is 0 Å². The number of unbranched alkanes of at least 4 members (excludes halogenated alkanes) is 24. The van der Waals surface area contributed by atoms with Crippen molar-refractivity contribution >= 4 is 23.7 Å². The van der Waals surface area contributed by atoms with Crippen molar-refractivity contribution in [2.45, 2.75) is 263 Å². The van der Waals surface area contributed by atoms with Crippen LogP contribution >= 0.6 is 0 Å². The molecule has 3 amide bonds. The van der Waals surface area contributed by atoms with E-state index in [0.717, 1.165) is 38.5 Å². The highest BCUT2D eigenvalue weighted by atomic mass is 16.5. The van der Waals surface area contributed by atoms with Crippen LogP contribution in [-0.2, 0) is 23.9 Å². The molecule has 0 spiro atoms. The molecule has 12 nitrogen and oxygen atoms in total. The van der Waals surface area contributed by atoms with Crippen molar-refractivity contribution < 1.29 is 44.3 Å². The molecule has 0 aliphatic carbocycles. The average Bonchev–Trinajstić information content (AvgIpc) is 3.21. The lowest BCUT2D eigenvalue weighted by atomic mass is 9.93. The van der Waals surface area contributed by atoms with Crippen LogP contribution in [0.25, 0.3) is 0 Å². The van der Waals surface area contributed by atoms with Gasteiger partial charge in [-0.05, 0) is 38.0 Å². The molecule has 1 aliphatic rings. The molecule has 0 bridgehead atoms. The molecule has 1 saturated heterocycles. The first-order valence-electron chi connectivity index (χ1n) is 24.7. The van der Waals surface area contributed by atoms with E-state index in [1.165, 1.54) is 109 Å². The molecule has 60 heavy (non-hydrogen) atoms. The second-order valence-corrected chi connectivity index (χ2v) is 18.1. The summed E-state index contributed by atoms with van der Waals surface area (Å²) in [7, 11) is 0. The van der Waals surface area contributed by atoms with E-state index >= 15 is 0 Å². The Morgan fingerprint density at radius 1 is 0.600 bits per heavy atom. The Bertz CT molecular complexity index is 1110. The fourth-order valence-corrected chi connectivity index (χ4v) is 8.27. The molecule has 1 rings (SSSR count). The number of aliphatic carboxylic acids is 1. The van der Waals surface area contributed by atoms with Crippen molar-refractivity contribution in [2.75, 3.05) is 13.2 Å². The second kappa shape index (κ2) is 36.2. The molecule has 0 saturated carbocycles. The number of hydrogen-bond donors (Lipinski definition) is 6. The van der Waals surface area contributed by atoms with Crippen LogP contribution in [0.1, 0.15) is 227 Å². The summed E-state index contributed by atoms with van der Waals surface area (Å²) in [6.45, 7) is 8.07. The van der Waals surface area contributed by atoms with E-state index in [4.69, 9.17) is 9.84 Å². The zero-order chi connectivity index (χ0) is 44.4. The monoisotopic (exact) mass is 854 g/mol. The summed E-state index contributed by atoms with van der Waals surface area (Å²) in [5.41, 5.74) is 0. The molecule has 0 aromatic heterocycles. The quantitative estimate of drug-likeness (QED) is 0.0328. The third-order valence-corrected chi connectivity index (χ3v) is 12.0. The molecule has 0 aromatic carbocycles. The minimum absolute atomic E-state index is 0.0186. The molecule has 12 heteroatoms. The topological polar surface area (TPSA) is 186 Å². The van der Waals surface area contributed by atoms with Crippen molar-refractivity contribution in [1.82, 2.24) is 15.5 Å². The van der Waals surface area contributed by atoms with Crippen LogP contribution in [0.15, 0.2) is 0 Å². The van der Waals surface area contributed by atoms with Gasteiger partial charge in [-0.15, -0.1) is 0 Å². The number of ether oxygens (including phenoxy) is 1. The third kappa shape index (κ3) is 26.3. The number of nitrogens with zero attached hydrogens (tertiary/aromatic N) is 1. The van der Waals surface area contributed by atoms with Gasteiger partial charge in [0.15, 0.2) is 6.23 Å². The third-order valence-electron chi connectivity index (χ3n) is 12.0. The first kappa shape index (κ1) is 55.7. The molecule has 0 radical (unpaired) electrons. The van der Waals surface area contributed by atoms with Gasteiger partial charge >= 0.3 is 5.97 Å². The van der Waals surface area contributed by atoms with Crippen molar-refractivity contribution in [2.24, 2.45) is 5.92 Å². The number of aliphatic hydroxyl groups is 3. The molecule has 1 aliphatic heterocycles. The highest BCUT2D eigenvalue weighted by Gasteiger charge is 2.48. The molecular formula is C48H91N3O9. The lowest BCUT2D eigenvalue weighted by Gasteiger charge is -2.47. The zero-order valence-corrected chi connectivity index (χ0v) is 38.7. The van der Waals surface area contributed by atoms with E-state index in [9.17, 15) is 34.5 Å². The van der Waals surface area contributed by atoms with Gasteiger partial charge in [0.2, 0.25) is 17.7 Å². The first-order valence-corrected chi connectivity index (χ1v) is 24.7. The van der Waals surface area contributed by atoms with E-state index in [1.54, 1.807) is 4.90 Å². The van der Waals surface area contributed by atoms with Crippen LogP contribution in [-0.4, -0.2) is 98.8 Å². The van der Waals surface area contributed by atoms with Crippen LogP contribution < -0.4 is 10.6 Å². The number of rotatable bonds is 39. The van der Waals surface area contributed by atoms with Gasteiger partial charge in [0.1, 0.15) is 30.4 Å². The molecule has 1 heterocycles. The van der Waals surface area contributed by atoms with Crippen molar-refractivity contribution in [3.63, 3.8) is 0 Å². The van der Waals surface area contributed by atoms with Gasteiger partial charge in [-0.1, -0.05) is 175 Å². The van der Waals surface area contributed by atoms with E-state index in [2.05, 4.69) is 24.5 Å². The van der Waals surface area contributed by atoms with Gasteiger partial charge in [-0.2, -0.15) is 0 Å². The minimum atomic E-state index is -1.55. The van der Waals surface area contributed by atoms with E-state index in [0.29, 0.717) is 38.6 Å². The number of carboxylic acid groups (broad SMARTS) is 1. The number of carbonyl (C=O) groups excluding carboxylic acids is 3. The lowest BCUT2D eigenvalue weighted by molar-refractivity contribution is -0.231. The maximum atomic E-state index is 14.1. The van der Waals surface area contributed by atoms with Gasteiger partial charge < -0.3 is 40.7 Å². The Balaban J connectivity index is 2.95. The predicted octanol–water partition coefficient (Wildman–Crippen LogP) is 9.10. The minimum Gasteiger partial charge on any atom is -0.481 e. The van der Waals surface area contributed by atoms with E-state index in [1.807, 2.05) is 13.8 Å². The number of hydrogen-bond acceptors (Lipinski definition) is 8. The van der Waals surface area contributed by atoms with Crippen LogP contribution in [0.2, 0.25) is 0 Å². The molecule has 0 aromatic rings. The Morgan fingerprint density at radius 2 is 1.03 bits per heavy atom. The number of amides is 3. The normalized spacial score (nSPS) is 19.6. The average molecular weight is 854 g/mol. The summed E-state index contributed by atoms with van der Waals surface area (Å²) in [5, 5.41) is 47.1. The van der Waals surface area contributed by atoms with Crippen LogP contribution in [0.5, 0.6) is 0 Å². The molecule has 6 atom stereocenters. The van der Waals surface area contributed by atoms with E-state index in [-0.39, 0.29) is 37.0 Å². The summed E-state index contributed by atoms with van der Waals surface area (Å²) < 4.78 is 6.21. The van der Waals surface area contributed by atoms with Gasteiger partial charge in [0.05, 0.1) is 6.61 Å². The Hall–Kier alpha value is -2.28. The number of carbonyl (C=O) groups is 4. The molecule has 352 valence electrons. The summed E-state index contributed by atoms with van der Waals surface area (Å²) in [6.07, 6.45) is 25.5. The smallest absolute Gasteiger partial charge is 0.303 e. The largest absolute Gasteiger partial charge is 0.481 e. The van der Waals surface area contributed by atoms with Crippen molar-refractivity contribution in [3.05, 3.63) is 0 Å². The van der Waals surface area contributed by atoms with Crippen LogP contribution in [0, 0.1) is 5.92 Å². The summed E-state index contributed by atoms with van der Waals surface area (Å²) in [5.74, 6) is -2.04. The first-order chi connectivity index (χ1) is 29.0. The molecule has 6 N–H and O–H groups in total. The second-order valence-electron chi connectivity index (χ2n) is 18.1. The maximum absolute atomic E-state index is 14.1. The van der Waals surface area contributed by atoms with Gasteiger partial charge in [0, 0.05) is 25.8 Å². The van der Waals surface area contributed by atoms with Crippen LogP contribution in [0.4, 0.5) is 0 Å². The Morgan fingerprint density at radius 3 is 1.48 bits per heavy atom. The van der Waals surface area contributed by atoms with Crippen LogP contribution in [0.3, 0.4) is 0 Å². The highest BCUT2D eigenvalue weighted by Crippen LogP contribution is 2.26. The number of nitrogens with one attached hydrogen (secondary N) is 2. The van der Waals surface area contributed by atoms with Gasteiger partial charge in [-0.25, -0.2) is 0 Å². The fourth-order valence-electron chi connectivity index (χ4n) is 8.27. The summed E-state index contributed by atoms with van der Waals surface area (Å²) in [6, 6.07) is -2.19.